The second-order valence-corrected chi connectivity index (χ2v) is 7.48. The van der Waals surface area contributed by atoms with E-state index in [9.17, 15) is 13.2 Å². The van der Waals surface area contributed by atoms with Gasteiger partial charge in [0.05, 0.1) is 18.7 Å². The number of aromatic amines is 1. The fourth-order valence-electron chi connectivity index (χ4n) is 4.44. The summed E-state index contributed by atoms with van der Waals surface area (Å²) >= 11 is 0. The van der Waals surface area contributed by atoms with E-state index in [1.807, 2.05) is 12.1 Å². The van der Waals surface area contributed by atoms with Crippen LogP contribution in [-0.4, -0.2) is 18.1 Å². The average Bonchev–Trinajstić information content (AvgIpc) is 2.99. The summed E-state index contributed by atoms with van der Waals surface area (Å²) in [6.45, 7) is 4.16. The molecule has 0 amide bonds. The van der Waals surface area contributed by atoms with Gasteiger partial charge in [0, 0.05) is 27.7 Å². The summed E-state index contributed by atoms with van der Waals surface area (Å²) in [5.41, 5.74) is 3.75. The van der Waals surface area contributed by atoms with Crippen LogP contribution < -0.4 is 4.90 Å². The number of halogens is 3. The van der Waals surface area contributed by atoms with Gasteiger partial charge in [-0.2, -0.15) is 13.2 Å². The fourth-order valence-corrected chi connectivity index (χ4v) is 4.44. The van der Waals surface area contributed by atoms with Crippen LogP contribution in [0.3, 0.4) is 0 Å². The van der Waals surface area contributed by atoms with E-state index >= 15 is 0 Å². The van der Waals surface area contributed by atoms with Gasteiger partial charge in [-0.25, -0.2) is 0 Å². The molecule has 2 heterocycles. The molecule has 3 aromatic rings. The highest BCUT2D eigenvalue weighted by atomic mass is 19.4. The Kier molecular flexibility index (Phi) is 4.72. The molecule has 27 heavy (non-hydrogen) atoms. The van der Waals surface area contributed by atoms with Crippen molar-refractivity contribution >= 4 is 10.9 Å². The number of aromatic nitrogens is 1. The van der Waals surface area contributed by atoms with Gasteiger partial charge in [0.25, 0.3) is 0 Å². The summed E-state index contributed by atoms with van der Waals surface area (Å²) in [5, 5.41) is 1.16. The molecule has 142 valence electrons. The van der Waals surface area contributed by atoms with E-state index in [0.29, 0.717) is 0 Å². The minimum absolute atomic E-state index is 0.0451. The molecule has 2 N–H and O–H groups in total. The first kappa shape index (κ1) is 18.1. The standard InChI is InChI=1S/C22H23F3N2/c1-15-20(18-7-3-4-8-19(18)26-15)21(27-13-5-2-6-14-27)16-9-11-17(12-10-16)22(23,24)25/h3-4,7-12,21,26H,2,5-6,13-14H2,1H3/p+1/t21-/m0/s1. The lowest BCUT2D eigenvalue weighted by Crippen LogP contribution is -3.13. The van der Waals surface area contributed by atoms with Gasteiger partial charge in [-0.3, -0.25) is 0 Å². The monoisotopic (exact) mass is 373 g/mol. The van der Waals surface area contributed by atoms with E-state index < -0.39 is 11.7 Å². The maximum Gasteiger partial charge on any atom is 0.416 e. The van der Waals surface area contributed by atoms with Crippen LogP contribution in [0.4, 0.5) is 13.2 Å². The molecule has 0 bridgehead atoms. The normalized spacial score (nSPS) is 17.3. The number of hydrogen-bond donors (Lipinski definition) is 2. The van der Waals surface area contributed by atoms with Crippen LogP contribution in [-0.2, 0) is 6.18 Å². The third kappa shape index (κ3) is 3.48. The van der Waals surface area contributed by atoms with Gasteiger partial charge in [0.15, 0.2) is 0 Å². The molecule has 1 fully saturated rings. The third-order valence-electron chi connectivity index (χ3n) is 5.71. The van der Waals surface area contributed by atoms with Crippen molar-refractivity contribution in [3.05, 3.63) is 70.9 Å². The number of alkyl halides is 3. The number of nitrogens with one attached hydrogen (secondary N) is 2. The van der Waals surface area contributed by atoms with Crippen LogP contribution in [0.1, 0.15) is 47.7 Å². The summed E-state index contributed by atoms with van der Waals surface area (Å²) in [7, 11) is 0. The molecule has 1 aromatic heterocycles. The molecule has 1 atom stereocenters. The largest absolute Gasteiger partial charge is 0.416 e. The van der Waals surface area contributed by atoms with E-state index in [1.165, 1.54) is 29.0 Å². The topological polar surface area (TPSA) is 20.2 Å². The minimum Gasteiger partial charge on any atom is -0.358 e. The van der Waals surface area contributed by atoms with Crippen molar-refractivity contribution in [3.8, 4) is 0 Å². The second kappa shape index (κ2) is 7.04. The van der Waals surface area contributed by atoms with Crippen molar-refractivity contribution in [2.45, 2.75) is 38.4 Å². The summed E-state index contributed by atoms with van der Waals surface area (Å²) < 4.78 is 39.0. The molecule has 1 aliphatic heterocycles. The summed E-state index contributed by atoms with van der Waals surface area (Å²) in [5.74, 6) is 0. The predicted molar refractivity (Wildman–Crippen MR) is 101 cm³/mol. The lowest BCUT2D eigenvalue weighted by atomic mass is 9.92. The van der Waals surface area contributed by atoms with E-state index in [1.54, 1.807) is 12.1 Å². The second-order valence-electron chi connectivity index (χ2n) is 7.48. The zero-order valence-corrected chi connectivity index (χ0v) is 15.4. The zero-order valence-electron chi connectivity index (χ0n) is 15.4. The maximum atomic E-state index is 13.0. The molecule has 0 saturated carbocycles. The quantitative estimate of drug-likeness (QED) is 0.666. The minimum atomic E-state index is -4.30. The van der Waals surface area contributed by atoms with Crippen molar-refractivity contribution in [1.29, 1.82) is 0 Å². The number of H-pyrrole nitrogens is 1. The number of likely N-dealkylation sites (tertiary alicyclic amines) is 1. The first-order chi connectivity index (χ1) is 12.9. The van der Waals surface area contributed by atoms with E-state index in [2.05, 4.69) is 24.0 Å². The third-order valence-corrected chi connectivity index (χ3v) is 5.71. The van der Waals surface area contributed by atoms with Crippen molar-refractivity contribution in [2.24, 2.45) is 0 Å². The molecule has 1 saturated heterocycles. The van der Waals surface area contributed by atoms with Gasteiger partial charge in [-0.05, 0) is 44.4 Å². The summed E-state index contributed by atoms with van der Waals surface area (Å²) in [6, 6.07) is 14.0. The molecule has 0 aliphatic carbocycles. The number of benzene rings is 2. The van der Waals surface area contributed by atoms with Crippen LogP contribution >= 0.6 is 0 Å². The molecule has 0 spiro atoms. The Morgan fingerprint density at radius 1 is 0.926 bits per heavy atom. The highest BCUT2D eigenvalue weighted by Crippen LogP contribution is 2.33. The van der Waals surface area contributed by atoms with Crippen LogP contribution in [0.15, 0.2) is 48.5 Å². The zero-order chi connectivity index (χ0) is 19.0. The Labute approximate surface area is 157 Å². The smallest absolute Gasteiger partial charge is 0.358 e. The number of piperidine rings is 1. The van der Waals surface area contributed by atoms with E-state index in [4.69, 9.17) is 0 Å². The van der Waals surface area contributed by atoms with Crippen molar-refractivity contribution < 1.29 is 18.1 Å². The summed E-state index contributed by atoms with van der Waals surface area (Å²) in [4.78, 5) is 4.90. The first-order valence-electron chi connectivity index (χ1n) is 9.54. The van der Waals surface area contributed by atoms with E-state index in [-0.39, 0.29) is 6.04 Å². The number of quaternary nitrogens is 1. The Hall–Kier alpha value is -2.27. The molecular weight excluding hydrogens is 349 g/mol. The molecule has 4 rings (SSSR count). The predicted octanol–water partition coefficient (Wildman–Crippen LogP) is 4.65. The van der Waals surface area contributed by atoms with Crippen molar-refractivity contribution in [1.82, 2.24) is 4.98 Å². The van der Waals surface area contributed by atoms with E-state index in [0.717, 1.165) is 48.1 Å². The molecule has 5 heteroatoms. The van der Waals surface area contributed by atoms with Gasteiger partial charge in [0.2, 0.25) is 0 Å². The highest BCUT2D eigenvalue weighted by Gasteiger charge is 2.34. The van der Waals surface area contributed by atoms with Gasteiger partial charge >= 0.3 is 6.18 Å². The lowest BCUT2D eigenvalue weighted by Gasteiger charge is -2.32. The molecular formula is C22H24F3N2+. The number of aryl methyl sites for hydroxylation is 1. The molecule has 1 aliphatic rings. The maximum absolute atomic E-state index is 13.0. The van der Waals surface area contributed by atoms with Crippen LogP contribution in [0, 0.1) is 6.92 Å². The molecule has 0 radical (unpaired) electrons. The van der Waals surface area contributed by atoms with Gasteiger partial charge in [-0.15, -0.1) is 0 Å². The molecule has 2 nitrogen and oxygen atoms in total. The molecule has 2 aromatic carbocycles. The lowest BCUT2D eigenvalue weighted by molar-refractivity contribution is -0.930. The van der Waals surface area contributed by atoms with Crippen molar-refractivity contribution in [2.75, 3.05) is 13.1 Å². The van der Waals surface area contributed by atoms with Crippen LogP contribution in [0.25, 0.3) is 10.9 Å². The Morgan fingerprint density at radius 3 is 2.26 bits per heavy atom. The highest BCUT2D eigenvalue weighted by molar-refractivity contribution is 5.85. The van der Waals surface area contributed by atoms with Crippen LogP contribution in [0.5, 0.6) is 0 Å². The Morgan fingerprint density at radius 2 is 1.59 bits per heavy atom. The Balaban J connectivity index is 1.83. The van der Waals surface area contributed by atoms with Gasteiger partial charge in [0.1, 0.15) is 6.04 Å². The number of rotatable bonds is 3. The molecule has 0 unspecified atom stereocenters. The number of para-hydroxylation sites is 1. The van der Waals surface area contributed by atoms with Gasteiger partial charge in [-0.1, -0.05) is 30.3 Å². The fraction of sp³-hybridized carbons (Fsp3) is 0.364. The summed E-state index contributed by atoms with van der Waals surface area (Å²) in [6.07, 6.45) is -0.749. The van der Waals surface area contributed by atoms with Gasteiger partial charge < -0.3 is 9.88 Å². The number of fused-ring (bicyclic) bond motifs is 1. The SMILES string of the molecule is Cc1[nH]c2ccccc2c1[C@H](c1ccc(C(F)(F)F)cc1)[NH+]1CCCCC1. The Bertz CT molecular complexity index is 919. The van der Waals surface area contributed by atoms with Crippen LogP contribution in [0.2, 0.25) is 0 Å². The van der Waals surface area contributed by atoms with Crippen molar-refractivity contribution in [3.63, 3.8) is 0 Å². The first-order valence-corrected chi connectivity index (χ1v) is 9.54. The number of hydrogen-bond acceptors (Lipinski definition) is 0. The average molecular weight is 373 g/mol.